The number of rotatable bonds is 8. The second-order valence-electron chi connectivity index (χ2n) is 7.80. The Labute approximate surface area is 192 Å². The van der Waals surface area contributed by atoms with Gasteiger partial charge in [-0.15, -0.1) is 0 Å². The fraction of sp³-hybridized carbons (Fsp3) is 0.364. The van der Waals surface area contributed by atoms with Crippen LogP contribution in [0.3, 0.4) is 0 Å². The minimum Gasteiger partial charge on any atom is -0.352 e. The molecule has 33 heavy (non-hydrogen) atoms. The lowest BCUT2D eigenvalue weighted by atomic mass is 10.2. The quantitative estimate of drug-likeness (QED) is 0.446. The van der Waals surface area contributed by atoms with Crippen LogP contribution in [0.15, 0.2) is 47.4 Å². The van der Waals surface area contributed by atoms with Crippen molar-refractivity contribution in [2.75, 3.05) is 25.0 Å². The van der Waals surface area contributed by atoms with Gasteiger partial charge in [0.1, 0.15) is 0 Å². The number of nitrogens with one attached hydrogen (secondary N) is 2. The Hall–Kier alpha value is -3.31. The summed E-state index contributed by atoms with van der Waals surface area (Å²) in [6.07, 6.45) is 2.66. The zero-order valence-corrected chi connectivity index (χ0v) is 19.1. The van der Waals surface area contributed by atoms with E-state index in [1.54, 1.807) is 19.1 Å². The fourth-order valence-corrected chi connectivity index (χ4v) is 5.03. The molecule has 1 aliphatic heterocycles. The minimum atomic E-state index is -3.62. The highest BCUT2D eigenvalue weighted by Gasteiger charge is 2.26. The molecule has 1 heterocycles. The van der Waals surface area contributed by atoms with Crippen molar-refractivity contribution in [2.45, 2.75) is 37.5 Å². The third-order valence-corrected chi connectivity index (χ3v) is 7.31. The highest BCUT2D eigenvalue weighted by Crippen LogP contribution is 2.25. The van der Waals surface area contributed by atoms with Gasteiger partial charge >= 0.3 is 0 Å². The first-order chi connectivity index (χ1) is 15.7. The molecule has 0 bridgehead atoms. The predicted octanol–water partition coefficient (Wildman–Crippen LogP) is 2.84. The van der Waals surface area contributed by atoms with Crippen molar-refractivity contribution >= 4 is 33.2 Å². The number of piperidine rings is 1. The van der Waals surface area contributed by atoms with E-state index in [-0.39, 0.29) is 35.0 Å². The van der Waals surface area contributed by atoms with Gasteiger partial charge in [0, 0.05) is 49.4 Å². The molecule has 2 N–H and O–H groups in total. The third-order valence-electron chi connectivity index (χ3n) is 5.41. The van der Waals surface area contributed by atoms with Crippen molar-refractivity contribution in [2.24, 2.45) is 0 Å². The maximum Gasteiger partial charge on any atom is 0.269 e. The van der Waals surface area contributed by atoms with E-state index in [4.69, 9.17) is 0 Å². The number of anilines is 1. The number of amides is 2. The molecule has 0 aliphatic carbocycles. The van der Waals surface area contributed by atoms with E-state index >= 15 is 0 Å². The molecular formula is C22H26N4O6S. The van der Waals surface area contributed by atoms with Gasteiger partial charge in [0.25, 0.3) is 11.6 Å². The number of nitro groups is 1. The molecule has 1 saturated heterocycles. The first kappa shape index (κ1) is 24.3. The Morgan fingerprint density at radius 1 is 1.06 bits per heavy atom. The van der Waals surface area contributed by atoms with Crippen LogP contribution >= 0.6 is 0 Å². The number of sulfonamides is 1. The molecule has 1 fully saturated rings. The van der Waals surface area contributed by atoms with Gasteiger partial charge in [0.15, 0.2) is 0 Å². The van der Waals surface area contributed by atoms with Gasteiger partial charge in [0.2, 0.25) is 15.9 Å². The van der Waals surface area contributed by atoms with Crippen LogP contribution in [0.2, 0.25) is 0 Å². The topological polar surface area (TPSA) is 139 Å². The SMILES string of the molecule is Cc1ccc(S(=O)(=O)N2CCCCC2)cc1NC(=O)CCNC(=O)c1ccc([N+](=O)[O-])cc1. The standard InChI is InChI=1S/C22H26N4O6S/c1-16-5-10-19(33(31,32)25-13-3-2-4-14-25)15-20(16)24-21(27)11-12-23-22(28)17-6-8-18(9-7-17)26(29)30/h5-10,15H,2-4,11-14H2,1H3,(H,23,28)(H,24,27). The number of nitro benzene ring substituents is 1. The van der Waals surface area contributed by atoms with E-state index in [2.05, 4.69) is 10.6 Å². The zero-order chi connectivity index (χ0) is 24.0. The summed E-state index contributed by atoms with van der Waals surface area (Å²) in [5, 5.41) is 16.0. The summed E-state index contributed by atoms with van der Waals surface area (Å²) in [6, 6.07) is 9.80. The van der Waals surface area contributed by atoms with Crippen LogP contribution in [0.5, 0.6) is 0 Å². The van der Waals surface area contributed by atoms with Crippen LogP contribution in [-0.2, 0) is 14.8 Å². The third kappa shape index (κ3) is 6.14. The Kier molecular flexibility index (Phi) is 7.77. The maximum atomic E-state index is 12.9. The van der Waals surface area contributed by atoms with Crippen LogP contribution in [0, 0.1) is 17.0 Å². The Morgan fingerprint density at radius 2 is 1.73 bits per heavy atom. The predicted molar refractivity (Wildman–Crippen MR) is 122 cm³/mol. The van der Waals surface area contributed by atoms with Gasteiger partial charge < -0.3 is 10.6 Å². The Balaban J connectivity index is 1.57. The van der Waals surface area contributed by atoms with Gasteiger partial charge in [-0.05, 0) is 49.6 Å². The number of carbonyl (C=O) groups excluding carboxylic acids is 2. The summed E-state index contributed by atoms with van der Waals surface area (Å²) in [5.41, 5.74) is 1.24. The average Bonchev–Trinajstić information content (AvgIpc) is 2.81. The maximum absolute atomic E-state index is 12.9. The van der Waals surface area contributed by atoms with E-state index in [9.17, 15) is 28.1 Å². The summed E-state index contributed by atoms with van der Waals surface area (Å²) in [4.78, 5) is 34.8. The molecule has 10 nitrogen and oxygen atoms in total. The fourth-order valence-electron chi connectivity index (χ4n) is 3.49. The smallest absolute Gasteiger partial charge is 0.269 e. The molecule has 1 aliphatic rings. The molecule has 0 aromatic heterocycles. The van der Waals surface area contributed by atoms with Crippen molar-refractivity contribution in [1.82, 2.24) is 9.62 Å². The largest absolute Gasteiger partial charge is 0.352 e. The number of nitrogens with zero attached hydrogens (tertiary/aromatic N) is 2. The lowest BCUT2D eigenvalue weighted by molar-refractivity contribution is -0.384. The summed E-state index contributed by atoms with van der Waals surface area (Å²) in [6.45, 7) is 2.80. The molecule has 2 aromatic carbocycles. The lowest BCUT2D eigenvalue weighted by Crippen LogP contribution is -2.35. The van der Waals surface area contributed by atoms with Crippen LogP contribution in [0.4, 0.5) is 11.4 Å². The Bertz CT molecular complexity index is 1140. The molecule has 2 amide bonds. The molecular weight excluding hydrogens is 448 g/mol. The molecule has 0 saturated carbocycles. The number of hydrogen-bond acceptors (Lipinski definition) is 6. The molecule has 0 spiro atoms. The normalized spacial score (nSPS) is 14.5. The van der Waals surface area contributed by atoms with Gasteiger partial charge in [-0.3, -0.25) is 19.7 Å². The molecule has 176 valence electrons. The van der Waals surface area contributed by atoms with Crippen molar-refractivity contribution in [3.63, 3.8) is 0 Å². The van der Waals surface area contributed by atoms with Crippen LogP contribution in [0.25, 0.3) is 0 Å². The number of non-ortho nitro benzene ring substituents is 1. The average molecular weight is 475 g/mol. The number of carbonyl (C=O) groups is 2. The first-order valence-corrected chi connectivity index (χ1v) is 12.1. The van der Waals surface area contributed by atoms with Crippen molar-refractivity contribution < 1.29 is 22.9 Å². The monoisotopic (exact) mass is 474 g/mol. The van der Waals surface area contributed by atoms with E-state index in [1.165, 1.54) is 34.6 Å². The van der Waals surface area contributed by atoms with E-state index in [1.807, 2.05) is 0 Å². The highest BCUT2D eigenvalue weighted by atomic mass is 32.2. The van der Waals surface area contributed by atoms with Crippen LogP contribution < -0.4 is 10.6 Å². The van der Waals surface area contributed by atoms with E-state index in [0.29, 0.717) is 18.8 Å². The second-order valence-corrected chi connectivity index (χ2v) is 9.74. The van der Waals surface area contributed by atoms with Gasteiger partial charge in [0.05, 0.1) is 9.82 Å². The molecule has 11 heteroatoms. The number of benzene rings is 2. The van der Waals surface area contributed by atoms with Crippen molar-refractivity contribution in [3.8, 4) is 0 Å². The van der Waals surface area contributed by atoms with Crippen molar-refractivity contribution in [3.05, 3.63) is 63.7 Å². The molecule has 3 rings (SSSR count). The molecule has 0 radical (unpaired) electrons. The van der Waals surface area contributed by atoms with E-state index < -0.39 is 20.9 Å². The van der Waals surface area contributed by atoms with Gasteiger partial charge in [-0.2, -0.15) is 4.31 Å². The van der Waals surface area contributed by atoms with Crippen LogP contribution in [-0.4, -0.2) is 49.1 Å². The molecule has 0 unspecified atom stereocenters. The summed E-state index contributed by atoms with van der Waals surface area (Å²) >= 11 is 0. The number of aryl methyl sites for hydroxylation is 1. The van der Waals surface area contributed by atoms with E-state index in [0.717, 1.165) is 24.8 Å². The van der Waals surface area contributed by atoms with Gasteiger partial charge in [-0.1, -0.05) is 12.5 Å². The number of hydrogen-bond donors (Lipinski definition) is 2. The molecule has 0 atom stereocenters. The lowest BCUT2D eigenvalue weighted by Gasteiger charge is -2.26. The first-order valence-electron chi connectivity index (χ1n) is 10.6. The summed E-state index contributed by atoms with van der Waals surface area (Å²) in [5.74, 6) is -0.835. The zero-order valence-electron chi connectivity index (χ0n) is 18.2. The van der Waals surface area contributed by atoms with Crippen LogP contribution in [0.1, 0.15) is 41.6 Å². The van der Waals surface area contributed by atoms with Gasteiger partial charge in [-0.25, -0.2) is 8.42 Å². The summed E-state index contributed by atoms with van der Waals surface area (Å²) < 4.78 is 27.3. The molecule has 2 aromatic rings. The highest BCUT2D eigenvalue weighted by molar-refractivity contribution is 7.89. The second kappa shape index (κ2) is 10.5. The Morgan fingerprint density at radius 3 is 2.36 bits per heavy atom. The minimum absolute atomic E-state index is 0.0265. The summed E-state index contributed by atoms with van der Waals surface area (Å²) in [7, 11) is -3.62. The van der Waals surface area contributed by atoms with Crippen molar-refractivity contribution in [1.29, 1.82) is 0 Å².